The predicted molar refractivity (Wildman–Crippen MR) is 79.9 cm³/mol. The number of urea groups is 1. The Labute approximate surface area is 121 Å². The van der Waals surface area contributed by atoms with Crippen LogP contribution in [0.5, 0.6) is 0 Å². The molecule has 2 amide bonds. The van der Waals surface area contributed by atoms with Crippen molar-refractivity contribution in [2.75, 3.05) is 11.6 Å². The molecule has 0 aromatic heterocycles. The minimum atomic E-state index is -0.328. The maximum absolute atomic E-state index is 11.5. The quantitative estimate of drug-likeness (QED) is 0.839. The number of para-hydroxylation sites is 2. The van der Waals surface area contributed by atoms with Crippen LogP contribution in [0.2, 0.25) is 0 Å². The number of anilines is 2. The predicted octanol–water partition coefficient (Wildman–Crippen LogP) is 1.99. The largest absolute Gasteiger partial charge is 0.354 e. The maximum Gasteiger partial charge on any atom is 0.354 e. The molecule has 0 atom stereocenters. The number of hydrazone groups is 1. The number of carbonyl (C=O) groups is 1. The third-order valence-corrected chi connectivity index (χ3v) is 3.54. The van der Waals surface area contributed by atoms with Crippen LogP contribution in [0.3, 0.4) is 0 Å². The minimum absolute atomic E-state index is 0.328. The lowest BCUT2D eigenvalue weighted by molar-refractivity contribution is 0.210. The Balaban J connectivity index is 1.86. The number of carbonyl (C=O) groups excluding carboxylic acids is 1. The number of amidine groups is 1. The second-order valence-electron chi connectivity index (χ2n) is 4.84. The van der Waals surface area contributed by atoms with Gasteiger partial charge in [-0.05, 0) is 24.3 Å². The van der Waals surface area contributed by atoms with Crippen LogP contribution < -0.4 is 15.8 Å². The van der Waals surface area contributed by atoms with Crippen LogP contribution >= 0.6 is 0 Å². The summed E-state index contributed by atoms with van der Waals surface area (Å²) in [5, 5.41) is 5.90. The Morgan fingerprint density at radius 2 is 1.76 bits per heavy atom. The number of benzene rings is 2. The Bertz CT molecular complexity index is 728. The fraction of sp³-hybridized carbons (Fsp3) is 0.0667. The Hall–Kier alpha value is -3.02. The van der Waals surface area contributed by atoms with Crippen LogP contribution in [0.1, 0.15) is 5.56 Å². The van der Waals surface area contributed by atoms with E-state index in [0.717, 1.165) is 22.8 Å². The monoisotopic (exact) mass is 279 g/mol. The highest BCUT2D eigenvalue weighted by atomic mass is 16.2. The van der Waals surface area contributed by atoms with Gasteiger partial charge in [-0.25, -0.2) is 20.7 Å². The number of fused-ring (bicyclic) bond motifs is 3. The summed E-state index contributed by atoms with van der Waals surface area (Å²) < 4.78 is 0. The Kier molecular flexibility index (Phi) is 2.53. The van der Waals surface area contributed by atoms with Gasteiger partial charge in [0.15, 0.2) is 5.84 Å². The summed E-state index contributed by atoms with van der Waals surface area (Å²) in [6.45, 7) is 0.507. The molecule has 0 radical (unpaired) electrons. The Morgan fingerprint density at radius 1 is 1.00 bits per heavy atom. The van der Waals surface area contributed by atoms with Gasteiger partial charge in [0.1, 0.15) is 6.67 Å². The van der Waals surface area contributed by atoms with E-state index in [1.807, 2.05) is 48.5 Å². The number of amides is 2. The molecule has 2 N–H and O–H groups in total. The first-order valence-electron chi connectivity index (χ1n) is 6.67. The summed E-state index contributed by atoms with van der Waals surface area (Å²) in [6.07, 6.45) is 0. The van der Waals surface area contributed by atoms with E-state index in [9.17, 15) is 4.79 Å². The van der Waals surface area contributed by atoms with Crippen molar-refractivity contribution < 1.29 is 4.79 Å². The van der Waals surface area contributed by atoms with E-state index < -0.39 is 0 Å². The van der Waals surface area contributed by atoms with Gasteiger partial charge in [0.05, 0.1) is 5.69 Å². The molecule has 2 aromatic rings. The van der Waals surface area contributed by atoms with Gasteiger partial charge in [-0.15, -0.1) is 0 Å². The van der Waals surface area contributed by atoms with Crippen molar-refractivity contribution in [2.45, 2.75) is 0 Å². The number of hydrogen-bond donors (Lipinski definition) is 2. The van der Waals surface area contributed by atoms with Crippen molar-refractivity contribution in [3.8, 4) is 0 Å². The first-order chi connectivity index (χ1) is 10.3. The van der Waals surface area contributed by atoms with Crippen LogP contribution in [-0.2, 0) is 0 Å². The van der Waals surface area contributed by atoms with Crippen LogP contribution in [0.25, 0.3) is 0 Å². The summed E-state index contributed by atoms with van der Waals surface area (Å²) in [7, 11) is 0. The highest BCUT2D eigenvalue weighted by Crippen LogP contribution is 2.33. The van der Waals surface area contributed by atoms with E-state index in [0.29, 0.717) is 6.67 Å². The fourth-order valence-electron chi connectivity index (χ4n) is 2.62. The summed E-state index contributed by atoms with van der Waals surface area (Å²) in [5.74, 6) is 0.720. The van der Waals surface area contributed by atoms with Crippen LogP contribution in [0.4, 0.5) is 16.2 Å². The van der Waals surface area contributed by atoms with Crippen molar-refractivity contribution in [3.05, 3.63) is 60.2 Å². The fourth-order valence-corrected chi connectivity index (χ4v) is 2.62. The molecule has 2 aromatic carbocycles. The molecule has 2 aliphatic rings. The molecule has 6 nitrogen and oxygen atoms in total. The van der Waals surface area contributed by atoms with E-state index >= 15 is 0 Å². The Morgan fingerprint density at radius 3 is 2.62 bits per heavy atom. The van der Waals surface area contributed by atoms with Crippen molar-refractivity contribution >= 4 is 23.2 Å². The maximum atomic E-state index is 11.5. The molecule has 0 bridgehead atoms. The molecular weight excluding hydrogens is 266 g/mol. The van der Waals surface area contributed by atoms with Crippen LogP contribution in [0, 0.1) is 0 Å². The molecule has 6 heteroatoms. The standard InChI is InChI=1S/C15H13N5O/c21-15-17-16-14-12-8-4-5-9-13(12)19(10-20(14)18-15)11-6-2-1-3-7-11/h1-9H,10H2,(H2,17,18,21). The third-order valence-electron chi connectivity index (χ3n) is 3.54. The average Bonchev–Trinajstić information content (AvgIpc) is 2.54. The van der Waals surface area contributed by atoms with Gasteiger partial charge in [-0.2, -0.15) is 5.10 Å². The lowest BCUT2D eigenvalue weighted by atomic mass is 10.1. The second-order valence-corrected chi connectivity index (χ2v) is 4.84. The van der Waals surface area contributed by atoms with Crippen LogP contribution in [0.15, 0.2) is 59.7 Å². The van der Waals surface area contributed by atoms with E-state index in [4.69, 9.17) is 0 Å². The van der Waals surface area contributed by atoms with Crippen molar-refractivity contribution in [1.82, 2.24) is 15.9 Å². The molecule has 0 unspecified atom stereocenters. The topological polar surface area (TPSA) is 60.0 Å². The first kappa shape index (κ1) is 11.8. The van der Waals surface area contributed by atoms with Crippen molar-refractivity contribution in [3.63, 3.8) is 0 Å². The number of nitrogens with zero attached hydrogens (tertiary/aromatic N) is 3. The molecular formula is C15H13N5O. The highest BCUT2D eigenvalue weighted by Gasteiger charge is 2.31. The molecule has 0 saturated carbocycles. The number of hydrazine groups is 1. The smallest absolute Gasteiger partial charge is 0.321 e. The van der Waals surface area contributed by atoms with Gasteiger partial charge >= 0.3 is 6.03 Å². The molecule has 4 rings (SSSR count). The zero-order valence-electron chi connectivity index (χ0n) is 11.2. The van der Waals surface area contributed by atoms with E-state index in [-0.39, 0.29) is 6.03 Å². The van der Waals surface area contributed by atoms with Gasteiger partial charge in [-0.3, -0.25) is 0 Å². The third kappa shape index (κ3) is 1.88. The van der Waals surface area contributed by atoms with Gasteiger partial charge in [0, 0.05) is 11.3 Å². The van der Waals surface area contributed by atoms with Crippen molar-refractivity contribution in [1.29, 1.82) is 0 Å². The average molecular weight is 279 g/mol. The number of rotatable bonds is 1. The summed E-state index contributed by atoms with van der Waals surface area (Å²) in [4.78, 5) is 13.6. The molecule has 2 heterocycles. The first-order valence-corrected chi connectivity index (χ1v) is 6.67. The van der Waals surface area contributed by atoms with Crippen LogP contribution in [-0.4, -0.2) is 23.5 Å². The molecule has 0 aliphatic carbocycles. The number of nitrogens with one attached hydrogen (secondary N) is 2. The normalized spacial score (nSPS) is 16.4. The van der Waals surface area contributed by atoms with Gasteiger partial charge in [0.25, 0.3) is 0 Å². The zero-order valence-corrected chi connectivity index (χ0v) is 11.2. The lowest BCUT2D eigenvalue weighted by Crippen LogP contribution is -2.59. The minimum Gasteiger partial charge on any atom is -0.321 e. The van der Waals surface area contributed by atoms with Gasteiger partial charge in [-0.1, -0.05) is 30.3 Å². The SMILES string of the molecule is O=C1NN=C2c3ccccc3N(c3ccccc3)CN2N1. The van der Waals surface area contributed by atoms with Crippen molar-refractivity contribution in [2.24, 2.45) is 5.10 Å². The summed E-state index contributed by atoms with van der Waals surface area (Å²) >= 11 is 0. The zero-order chi connectivity index (χ0) is 14.2. The summed E-state index contributed by atoms with van der Waals surface area (Å²) in [5.41, 5.74) is 8.33. The number of hydrogen-bond acceptors (Lipinski definition) is 4. The molecule has 0 saturated heterocycles. The van der Waals surface area contributed by atoms with Gasteiger partial charge in [0.2, 0.25) is 0 Å². The molecule has 21 heavy (non-hydrogen) atoms. The highest BCUT2D eigenvalue weighted by molar-refractivity contribution is 6.07. The molecule has 0 spiro atoms. The molecule has 2 aliphatic heterocycles. The second kappa shape index (κ2) is 4.52. The van der Waals surface area contributed by atoms with E-state index in [2.05, 4.69) is 26.9 Å². The molecule has 0 fully saturated rings. The lowest BCUT2D eigenvalue weighted by Gasteiger charge is -2.40. The van der Waals surface area contributed by atoms with Gasteiger partial charge < -0.3 is 4.90 Å². The van der Waals surface area contributed by atoms with E-state index in [1.54, 1.807) is 5.01 Å². The summed E-state index contributed by atoms with van der Waals surface area (Å²) in [6, 6.07) is 17.8. The van der Waals surface area contributed by atoms with E-state index in [1.165, 1.54) is 0 Å². The molecule has 104 valence electrons.